The van der Waals surface area contributed by atoms with Crippen LogP contribution in [0.1, 0.15) is 31.2 Å². The second-order valence-electron chi connectivity index (χ2n) is 7.45. The van der Waals surface area contributed by atoms with Crippen LogP contribution in [0.2, 0.25) is 0 Å². The van der Waals surface area contributed by atoms with E-state index in [0.29, 0.717) is 57.4 Å². The highest BCUT2D eigenvalue weighted by atomic mass is 32.2. The normalized spacial score (nSPS) is 13.6. The average Bonchev–Trinajstić information content (AvgIpc) is 3.58. The Morgan fingerprint density at radius 3 is 2.53 bits per heavy atom. The quantitative estimate of drug-likeness (QED) is 0.329. The third-order valence-electron chi connectivity index (χ3n) is 4.62. The summed E-state index contributed by atoms with van der Waals surface area (Å²) in [5.41, 5.74) is 0.973. The van der Waals surface area contributed by atoms with Gasteiger partial charge in [0.25, 0.3) is 0 Å². The molecule has 0 spiro atoms. The Balaban J connectivity index is 1.76. The lowest BCUT2D eigenvalue weighted by molar-refractivity contribution is 0.146. The van der Waals surface area contributed by atoms with Gasteiger partial charge < -0.3 is 23.7 Å². The fourth-order valence-corrected chi connectivity index (χ4v) is 3.49. The summed E-state index contributed by atoms with van der Waals surface area (Å²) >= 11 is 0. The molecule has 1 aliphatic carbocycles. The van der Waals surface area contributed by atoms with Gasteiger partial charge in [0.1, 0.15) is 18.1 Å². The zero-order valence-corrected chi connectivity index (χ0v) is 19.6. The number of hydrogen-bond donors (Lipinski definition) is 2. The van der Waals surface area contributed by atoms with E-state index in [4.69, 9.17) is 23.7 Å². The van der Waals surface area contributed by atoms with Crippen LogP contribution in [0.3, 0.4) is 0 Å². The molecule has 0 unspecified atom stereocenters. The molecule has 0 heterocycles. The number of methoxy groups -OCH3 is 2. The smallest absolute Gasteiger partial charge is 0.421 e. The molecular formula is C21H34N2O8S. The van der Waals surface area contributed by atoms with Crippen LogP contribution in [-0.2, 0) is 30.8 Å². The highest BCUT2D eigenvalue weighted by Crippen LogP contribution is 2.32. The van der Waals surface area contributed by atoms with Gasteiger partial charge >= 0.3 is 16.3 Å². The van der Waals surface area contributed by atoms with Gasteiger partial charge in [-0.1, -0.05) is 6.07 Å². The first-order valence-electron chi connectivity index (χ1n) is 10.7. The summed E-state index contributed by atoms with van der Waals surface area (Å²) in [6, 6.07) is 5.66. The number of benzene rings is 1. The second-order valence-corrected chi connectivity index (χ2v) is 8.95. The SMILES string of the molecule is COCCCNS(=O)(=O)NC(=O)OCCCc1ccc(OCCOC)cc1OCC1CC1. The third-order valence-corrected chi connectivity index (χ3v) is 5.64. The van der Waals surface area contributed by atoms with E-state index < -0.39 is 16.3 Å². The summed E-state index contributed by atoms with van der Waals surface area (Å²) in [6.45, 7) is 2.26. The van der Waals surface area contributed by atoms with Crippen LogP contribution < -0.4 is 18.9 Å². The topological polar surface area (TPSA) is 121 Å². The molecule has 0 radical (unpaired) electrons. The predicted molar refractivity (Wildman–Crippen MR) is 118 cm³/mol. The molecule has 1 fully saturated rings. The zero-order valence-electron chi connectivity index (χ0n) is 18.8. The molecule has 1 aliphatic rings. The highest BCUT2D eigenvalue weighted by Gasteiger charge is 2.22. The Hall–Kier alpha value is -2.08. The maximum absolute atomic E-state index is 11.8. The number of aryl methyl sites for hydroxylation is 1. The summed E-state index contributed by atoms with van der Waals surface area (Å²) in [4.78, 5) is 11.8. The molecule has 32 heavy (non-hydrogen) atoms. The number of rotatable bonds is 17. The van der Waals surface area contributed by atoms with E-state index in [0.717, 1.165) is 11.3 Å². The molecular weight excluding hydrogens is 440 g/mol. The van der Waals surface area contributed by atoms with Crippen LogP contribution in [0.5, 0.6) is 11.5 Å². The van der Waals surface area contributed by atoms with Gasteiger partial charge in [0, 0.05) is 33.4 Å². The molecule has 11 heteroatoms. The van der Waals surface area contributed by atoms with E-state index in [-0.39, 0.29) is 13.2 Å². The van der Waals surface area contributed by atoms with E-state index in [1.165, 1.54) is 20.0 Å². The van der Waals surface area contributed by atoms with Crippen molar-refractivity contribution >= 4 is 16.3 Å². The van der Waals surface area contributed by atoms with E-state index in [1.54, 1.807) is 7.11 Å². The second kappa shape index (κ2) is 14.1. The Kier molecular flexibility index (Phi) is 11.6. The highest BCUT2D eigenvalue weighted by molar-refractivity contribution is 7.88. The minimum absolute atomic E-state index is 0.0686. The lowest BCUT2D eigenvalue weighted by Gasteiger charge is -2.14. The van der Waals surface area contributed by atoms with E-state index >= 15 is 0 Å². The first-order chi connectivity index (χ1) is 15.4. The van der Waals surface area contributed by atoms with Crippen LogP contribution >= 0.6 is 0 Å². The van der Waals surface area contributed by atoms with Crippen LogP contribution in [0.25, 0.3) is 0 Å². The molecule has 1 saturated carbocycles. The van der Waals surface area contributed by atoms with Crippen LogP contribution in [-0.4, -0.2) is 68.3 Å². The van der Waals surface area contributed by atoms with Crippen molar-refractivity contribution in [3.05, 3.63) is 23.8 Å². The van der Waals surface area contributed by atoms with Crippen molar-refractivity contribution in [2.45, 2.75) is 32.1 Å². The van der Waals surface area contributed by atoms with Crippen molar-refractivity contribution in [2.75, 3.05) is 53.8 Å². The van der Waals surface area contributed by atoms with Crippen LogP contribution in [0.4, 0.5) is 4.79 Å². The standard InChI is InChI=1S/C21H34N2O8S/c1-27-11-4-10-22-32(25,26)23-21(24)30-12-3-5-18-8-9-19(29-14-13-28-2)15-20(18)31-16-17-6-7-17/h8-9,15,17,22H,3-7,10-14,16H2,1-2H3,(H,23,24). The molecule has 0 atom stereocenters. The van der Waals surface area contributed by atoms with Gasteiger partial charge in [-0.05, 0) is 49.7 Å². The molecule has 0 aromatic heterocycles. The Bertz CT molecular complexity index is 799. The largest absolute Gasteiger partial charge is 0.493 e. The third kappa shape index (κ3) is 11.0. The summed E-state index contributed by atoms with van der Waals surface area (Å²) in [7, 11) is -0.810. The van der Waals surface area contributed by atoms with Gasteiger partial charge in [-0.2, -0.15) is 13.1 Å². The summed E-state index contributed by atoms with van der Waals surface area (Å²) in [5.74, 6) is 2.06. The molecule has 1 aromatic rings. The van der Waals surface area contributed by atoms with Gasteiger partial charge in [-0.3, -0.25) is 0 Å². The summed E-state index contributed by atoms with van der Waals surface area (Å²) in [5, 5.41) is 0. The Labute approximate surface area is 190 Å². The van der Waals surface area contributed by atoms with Gasteiger partial charge in [0.2, 0.25) is 0 Å². The van der Waals surface area contributed by atoms with Crippen molar-refractivity contribution in [3.8, 4) is 11.5 Å². The molecule has 0 saturated heterocycles. The fourth-order valence-electron chi connectivity index (χ4n) is 2.73. The molecule has 1 amide bonds. The van der Waals surface area contributed by atoms with E-state index in [2.05, 4.69) is 4.72 Å². The Morgan fingerprint density at radius 1 is 1.03 bits per heavy atom. The van der Waals surface area contributed by atoms with Crippen molar-refractivity contribution in [1.82, 2.24) is 9.44 Å². The number of hydrogen-bond acceptors (Lipinski definition) is 8. The average molecular weight is 475 g/mol. The molecule has 2 N–H and O–H groups in total. The summed E-state index contributed by atoms with van der Waals surface area (Å²) < 4.78 is 54.1. The molecule has 2 rings (SSSR count). The summed E-state index contributed by atoms with van der Waals surface area (Å²) in [6.07, 6.45) is 2.97. The maximum Gasteiger partial charge on any atom is 0.421 e. The minimum atomic E-state index is -3.95. The number of carbonyl (C=O) groups excluding carboxylic acids is 1. The predicted octanol–water partition coefficient (Wildman–Crippen LogP) is 2.03. The Morgan fingerprint density at radius 2 is 1.81 bits per heavy atom. The van der Waals surface area contributed by atoms with Crippen LogP contribution in [0.15, 0.2) is 18.2 Å². The number of amides is 1. The van der Waals surface area contributed by atoms with Gasteiger partial charge in [-0.25, -0.2) is 9.52 Å². The van der Waals surface area contributed by atoms with Crippen molar-refractivity contribution in [2.24, 2.45) is 5.92 Å². The molecule has 10 nitrogen and oxygen atoms in total. The lowest BCUT2D eigenvalue weighted by atomic mass is 10.1. The van der Waals surface area contributed by atoms with Gasteiger partial charge in [-0.15, -0.1) is 0 Å². The maximum atomic E-state index is 11.8. The van der Waals surface area contributed by atoms with Crippen LogP contribution in [0, 0.1) is 5.92 Å². The van der Waals surface area contributed by atoms with Crippen molar-refractivity contribution in [3.63, 3.8) is 0 Å². The monoisotopic (exact) mass is 474 g/mol. The lowest BCUT2D eigenvalue weighted by Crippen LogP contribution is -2.41. The molecule has 182 valence electrons. The first-order valence-corrected chi connectivity index (χ1v) is 12.2. The van der Waals surface area contributed by atoms with E-state index in [9.17, 15) is 13.2 Å². The molecule has 0 bridgehead atoms. The van der Waals surface area contributed by atoms with Crippen molar-refractivity contribution in [1.29, 1.82) is 0 Å². The number of nitrogens with one attached hydrogen (secondary N) is 2. The minimum Gasteiger partial charge on any atom is -0.493 e. The number of ether oxygens (including phenoxy) is 5. The van der Waals surface area contributed by atoms with Crippen molar-refractivity contribution < 1.29 is 36.9 Å². The fraction of sp³-hybridized carbons (Fsp3) is 0.667. The molecule has 1 aromatic carbocycles. The van der Waals surface area contributed by atoms with Gasteiger partial charge in [0.15, 0.2) is 0 Å². The van der Waals surface area contributed by atoms with Gasteiger partial charge in [0.05, 0.1) is 19.8 Å². The zero-order chi connectivity index (χ0) is 23.2. The van der Waals surface area contributed by atoms with E-state index in [1.807, 2.05) is 22.9 Å². The molecule has 0 aliphatic heterocycles. The first kappa shape index (κ1) is 26.2. The number of carbonyl (C=O) groups is 1.